The summed E-state index contributed by atoms with van der Waals surface area (Å²) >= 11 is 0. The number of nitrogens with two attached hydrogens (primary N) is 1. The van der Waals surface area contributed by atoms with E-state index >= 15 is 0 Å². The fourth-order valence-corrected chi connectivity index (χ4v) is 2.77. The second kappa shape index (κ2) is 6.53. The maximum absolute atomic E-state index is 11.6. The number of carbonyl (C=O) groups excluding carboxylic acids is 1. The highest BCUT2D eigenvalue weighted by Crippen LogP contribution is 2.35. The van der Waals surface area contributed by atoms with Gasteiger partial charge in [-0.15, -0.1) is 0 Å². The summed E-state index contributed by atoms with van der Waals surface area (Å²) < 4.78 is 0. The van der Waals surface area contributed by atoms with Gasteiger partial charge in [0.25, 0.3) is 0 Å². The van der Waals surface area contributed by atoms with E-state index in [2.05, 4.69) is 18.9 Å². The molecule has 1 fully saturated rings. The van der Waals surface area contributed by atoms with E-state index in [1.807, 2.05) is 14.1 Å². The van der Waals surface area contributed by atoms with Crippen molar-refractivity contribution in [2.45, 2.75) is 44.6 Å². The maximum Gasteiger partial charge on any atom is 0.223 e. The van der Waals surface area contributed by atoms with Crippen LogP contribution >= 0.6 is 0 Å². The number of likely N-dealkylation sites (N-methyl/N-ethyl adjacent to an activating group) is 1. The smallest absolute Gasteiger partial charge is 0.223 e. The molecule has 1 aliphatic carbocycles. The van der Waals surface area contributed by atoms with Crippen molar-refractivity contribution in [3.05, 3.63) is 0 Å². The van der Waals surface area contributed by atoms with Crippen LogP contribution in [0.25, 0.3) is 0 Å². The predicted octanol–water partition coefficient (Wildman–Crippen LogP) is 1.30. The van der Waals surface area contributed by atoms with Gasteiger partial charge in [0, 0.05) is 39.1 Å². The first-order valence-corrected chi connectivity index (χ1v) is 7.03. The van der Waals surface area contributed by atoms with Gasteiger partial charge in [-0.05, 0) is 38.6 Å². The molecule has 0 aromatic heterocycles. The van der Waals surface area contributed by atoms with Gasteiger partial charge >= 0.3 is 0 Å². The molecule has 0 spiro atoms. The summed E-state index contributed by atoms with van der Waals surface area (Å²) in [5.41, 5.74) is 6.14. The van der Waals surface area contributed by atoms with Gasteiger partial charge in [0.05, 0.1) is 0 Å². The average molecular weight is 255 g/mol. The topological polar surface area (TPSA) is 49.6 Å². The second-order valence-electron chi connectivity index (χ2n) is 6.07. The zero-order chi connectivity index (χ0) is 13.8. The number of hydrogen-bond donors (Lipinski definition) is 1. The van der Waals surface area contributed by atoms with E-state index in [9.17, 15) is 4.79 Å². The van der Waals surface area contributed by atoms with Crippen molar-refractivity contribution in [3.8, 4) is 0 Å². The van der Waals surface area contributed by atoms with Crippen LogP contribution in [0.4, 0.5) is 0 Å². The first kappa shape index (κ1) is 15.4. The summed E-state index contributed by atoms with van der Waals surface area (Å²) in [4.78, 5) is 15.6. The van der Waals surface area contributed by atoms with Gasteiger partial charge in [0.2, 0.25) is 5.91 Å². The molecule has 0 saturated heterocycles. The van der Waals surface area contributed by atoms with Crippen LogP contribution in [0.1, 0.15) is 39.0 Å². The molecule has 0 aromatic carbocycles. The van der Waals surface area contributed by atoms with Crippen LogP contribution in [0.3, 0.4) is 0 Å². The zero-order valence-electron chi connectivity index (χ0n) is 12.4. The van der Waals surface area contributed by atoms with Crippen molar-refractivity contribution >= 4 is 5.91 Å². The van der Waals surface area contributed by atoms with Gasteiger partial charge in [-0.25, -0.2) is 0 Å². The highest BCUT2D eigenvalue weighted by atomic mass is 16.2. The third-order valence-electron chi connectivity index (χ3n) is 4.55. The lowest BCUT2D eigenvalue weighted by molar-refractivity contribution is -0.129. The van der Waals surface area contributed by atoms with Crippen LogP contribution in [-0.4, -0.2) is 55.5 Å². The predicted molar refractivity (Wildman–Crippen MR) is 75.4 cm³/mol. The van der Waals surface area contributed by atoms with Crippen LogP contribution in [0.5, 0.6) is 0 Å². The van der Waals surface area contributed by atoms with E-state index in [-0.39, 0.29) is 11.4 Å². The summed E-state index contributed by atoms with van der Waals surface area (Å²) in [6.45, 7) is 3.82. The molecule has 1 saturated carbocycles. The van der Waals surface area contributed by atoms with E-state index in [1.54, 1.807) is 4.90 Å². The summed E-state index contributed by atoms with van der Waals surface area (Å²) in [7, 11) is 5.73. The molecule has 2 N–H and O–H groups in total. The minimum Gasteiger partial charge on any atom is -0.349 e. The highest BCUT2D eigenvalue weighted by molar-refractivity contribution is 5.75. The Balaban J connectivity index is 2.52. The number of nitrogens with zero attached hydrogens (tertiary/aromatic N) is 2. The van der Waals surface area contributed by atoms with Crippen molar-refractivity contribution in [3.63, 3.8) is 0 Å². The third kappa shape index (κ3) is 3.69. The maximum atomic E-state index is 11.6. The molecule has 18 heavy (non-hydrogen) atoms. The van der Waals surface area contributed by atoms with E-state index < -0.39 is 0 Å². The summed E-state index contributed by atoms with van der Waals surface area (Å²) in [5, 5.41) is 0. The summed E-state index contributed by atoms with van der Waals surface area (Å²) in [6.07, 6.45) is 5.42. The third-order valence-corrected chi connectivity index (χ3v) is 4.55. The fourth-order valence-electron chi connectivity index (χ4n) is 2.77. The number of hydrogen-bond acceptors (Lipinski definition) is 3. The van der Waals surface area contributed by atoms with Crippen molar-refractivity contribution in [1.29, 1.82) is 0 Å². The van der Waals surface area contributed by atoms with Gasteiger partial charge in [-0.3, -0.25) is 9.69 Å². The number of amides is 1. The molecule has 0 atom stereocenters. The highest BCUT2D eigenvalue weighted by Gasteiger charge is 2.36. The first-order chi connectivity index (χ1) is 8.41. The molecule has 1 rings (SSSR count). The Hall–Kier alpha value is -0.610. The Bertz CT molecular complexity index is 270. The van der Waals surface area contributed by atoms with Crippen LogP contribution in [0.15, 0.2) is 0 Å². The minimum atomic E-state index is 0.124. The molecule has 106 valence electrons. The molecule has 0 aromatic rings. The average Bonchev–Trinajstić information content (AvgIpc) is 2.36. The Morgan fingerprint density at radius 2 is 1.83 bits per heavy atom. The molecular weight excluding hydrogens is 226 g/mol. The molecule has 1 aliphatic rings. The summed E-state index contributed by atoms with van der Waals surface area (Å²) in [5.74, 6) is 1.01. The molecule has 0 aliphatic heterocycles. The lowest BCUT2D eigenvalue weighted by Crippen LogP contribution is -2.54. The van der Waals surface area contributed by atoms with E-state index in [0.717, 1.165) is 25.3 Å². The van der Waals surface area contributed by atoms with Crippen molar-refractivity contribution in [1.82, 2.24) is 9.80 Å². The van der Waals surface area contributed by atoms with Gasteiger partial charge in [0.15, 0.2) is 0 Å². The van der Waals surface area contributed by atoms with Crippen LogP contribution in [0, 0.1) is 5.92 Å². The van der Waals surface area contributed by atoms with Crippen molar-refractivity contribution in [2.75, 3.05) is 34.2 Å². The summed E-state index contributed by atoms with van der Waals surface area (Å²) in [6, 6.07) is 0. The van der Waals surface area contributed by atoms with Crippen LogP contribution in [0.2, 0.25) is 0 Å². The Morgan fingerprint density at radius 1 is 1.28 bits per heavy atom. The van der Waals surface area contributed by atoms with Gasteiger partial charge in [0.1, 0.15) is 0 Å². The normalized spacial score (nSPS) is 28.4. The van der Waals surface area contributed by atoms with Crippen molar-refractivity contribution < 1.29 is 4.79 Å². The quantitative estimate of drug-likeness (QED) is 0.805. The molecule has 0 bridgehead atoms. The first-order valence-electron chi connectivity index (χ1n) is 7.03. The Labute approximate surface area is 111 Å². The van der Waals surface area contributed by atoms with Gasteiger partial charge in [-0.2, -0.15) is 0 Å². The monoisotopic (exact) mass is 255 g/mol. The van der Waals surface area contributed by atoms with E-state index in [4.69, 9.17) is 5.73 Å². The molecule has 0 unspecified atom stereocenters. The van der Waals surface area contributed by atoms with Gasteiger partial charge < -0.3 is 10.6 Å². The van der Waals surface area contributed by atoms with Gasteiger partial charge in [-0.1, -0.05) is 6.92 Å². The second-order valence-corrected chi connectivity index (χ2v) is 6.07. The lowest BCUT2D eigenvalue weighted by atomic mass is 9.76. The molecule has 4 nitrogen and oxygen atoms in total. The fraction of sp³-hybridized carbons (Fsp3) is 0.929. The molecular formula is C14H29N3O. The SMILES string of the molecule is CC1CCC(CN)(N(C)CCC(=O)N(C)C)CC1. The standard InChI is InChI=1S/C14H29N3O/c1-12-5-8-14(11-15,9-6-12)17(4)10-7-13(18)16(2)3/h12H,5-11,15H2,1-4H3. The molecule has 0 radical (unpaired) electrons. The van der Waals surface area contributed by atoms with E-state index in [1.165, 1.54) is 12.8 Å². The number of carbonyl (C=O) groups is 1. The molecule has 4 heteroatoms. The largest absolute Gasteiger partial charge is 0.349 e. The Kier molecular flexibility index (Phi) is 5.60. The number of rotatable bonds is 5. The van der Waals surface area contributed by atoms with Crippen LogP contribution < -0.4 is 5.73 Å². The molecule has 1 amide bonds. The zero-order valence-corrected chi connectivity index (χ0v) is 12.4. The van der Waals surface area contributed by atoms with E-state index in [0.29, 0.717) is 13.0 Å². The van der Waals surface area contributed by atoms with Crippen molar-refractivity contribution in [2.24, 2.45) is 11.7 Å². The lowest BCUT2D eigenvalue weighted by Gasteiger charge is -2.45. The van der Waals surface area contributed by atoms with Crippen LogP contribution in [-0.2, 0) is 4.79 Å². The minimum absolute atomic E-state index is 0.124. The molecule has 0 heterocycles. The Morgan fingerprint density at radius 3 is 2.28 bits per heavy atom.